The molecule has 1 aromatic carbocycles. The second kappa shape index (κ2) is 6.90. The minimum atomic E-state index is -0.358. The van der Waals surface area contributed by atoms with E-state index in [1.54, 1.807) is 31.2 Å². The van der Waals surface area contributed by atoms with E-state index in [0.717, 1.165) is 0 Å². The van der Waals surface area contributed by atoms with Gasteiger partial charge in [0.25, 0.3) is 0 Å². The number of nitrogens with one attached hydrogen (secondary N) is 1. The van der Waals surface area contributed by atoms with Gasteiger partial charge < -0.3 is 15.8 Å². The van der Waals surface area contributed by atoms with Crippen molar-refractivity contribution in [3.8, 4) is 0 Å². The van der Waals surface area contributed by atoms with Gasteiger partial charge in [-0.1, -0.05) is 12.1 Å². The van der Waals surface area contributed by atoms with Crippen LogP contribution in [-0.4, -0.2) is 30.0 Å². The molecule has 1 rings (SSSR count). The lowest BCUT2D eigenvalue weighted by atomic mass is 10.2. The Morgan fingerprint density at radius 2 is 2.11 bits per heavy atom. The molecule has 0 spiro atoms. The lowest BCUT2D eigenvalue weighted by molar-refractivity contribution is -0.137. The van der Waals surface area contributed by atoms with Gasteiger partial charge in [0.1, 0.15) is 0 Å². The monoisotopic (exact) mass is 268 g/mol. The van der Waals surface area contributed by atoms with Crippen molar-refractivity contribution in [2.75, 3.05) is 23.9 Å². The van der Waals surface area contributed by atoms with Crippen LogP contribution in [0, 0.1) is 0 Å². The zero-order valence-electron chi connectivity index (χ0n) is 10.3. The largest absolute Gasteiger partial charge is 0.468 e. The van der Waals surface area contributed by atoms with Crippen LogP contribution in [0.5, 0.6) is 0 Å². The zero-order valence-corrected chi connectivity index (χ0v) is 11.1. The van der Waals surface area contributed by atoms with Gasteiger partial charge >= 0.3 is 5.97 Å². The SMILES string of the molecule is COC(=O)CSC(C)C(=O)Nc1ccccc1N. The number of hydrogen-bond acceptors (Lipinski definition) is 5. The number of benzene rings is 1. The molecule has 0 fully saturated rings. The number of nitrogens with two attached hydrogens (primary N) is 1. The molecule has 0 aromatic heterocycles. The molecule has 1 aromatic rings. The third-order valence-electron chi connectivity index (χ3n) is 2.27. The predicted octanol–water partition coefficient (Wildman–Crippen LogP) is 1.50. The Morgan fingerprint density at radius 3 is 2.72 bits per heavy atom. The molecular formula is C12H16N2O3S. The van der Waals surface area contributed by atoms with Crippen molar-refractivity contribution in [3.05, 3.63) is 24.3 Å². The molecule has 0 aliphatic rings. The third kappa shape index (κ3) is 4.29. The average molecular weight is 268 g/mol. The average Bonchev–Trinajstić information content (AvgIpc) is 2.38. The van der Waals surface area contributed by atoms with Crippen molar-refractivity contribution in [3.63, 3.8) is 0 Å². The smallest absolute Gasteiger partial charge is 0.315 e. The highest BCUT2D eigenvalue weighted by molar-refractivity contribution is 8.01. The second-order valence-corrected chi connectivity index (χ2v) is 4.93. The lowest BCUT2D eigenvalue weighted by Gasteiger charge is -2.12. The zero-order chi connectivity index (χ0) is 13.5. The number of thioether (sulfide) groups is 1. The first kappa shape index (κ1) is 14.4. The van der Waals surface area contributed by atoms with Crippen molar-refractivity contribution in [2.24, 2.45) is 0 Å². The van der Waals surface area contributed by atoms with E-state index in [1.165, 1.54) is 18.9 Å². The molecule has 0 bridgehead atoms. The number of esters is 1. The molecule has 0 saturated heterocycles. The molecular weight excluding hydrogens is 252 g/mol. The highest BCUT2D eigenvalue weighted by Crippen LogP contribution is 2.19. The normalized spacial score (nSPS) is 11.7. The summed E-state index contributed by atoms with van der Waals surface area (Å²) in [6.07, 6.45) is 0. The Balaban J connectivity index is 2.50. The van der Waals surface area contributed by atoms with Crippen molar-refractivity contribution in [2.45, 2.75) is 12.2 Å². The summed E-state index contributed by atoms with van der Waals surface area (Å²) in [6.45, 7) is 1.72. The molecule has 18 heavy (non-hydrogen) atoms. The summed E-state index contributed by atoms with van der Waals surface area (Å²) in [5.74, 6) is -0.393. The highest BCUT2D eigenvalue weighted by Gasteiger charge is 2.16. The fraction of sp³-hybridized carbons (Fsp3) is 0.333. The van der Waals surface area contributed by atoms with Gasteiger partial charge in [-0.25, -0.2) is 0 Å². The molecule has 6 heteroatoms. The minimum absolute atomic E-state index is 0.148. The van der Waals surface area contributed by atoms with E-state index in [9.17, 15) is 9.59 Å². The van der Waals surface area contributed by atoms with Crippen LogP contribution in [0.1, 0.15) is 6.92 Å². The molecule has 1 atom stereocenters. The van der Waals surface area contributed by atoms with Crippen LogP contribution in [0.15, 0.2) is 24.3 Å². The van der Waals surface area contributed by atoms with E-state index < -0.39 is 0 Å². The van der Waals surface area contributed by atoms with Gasteiger partial charge in [0.15, 0.2) is 0 Å². The fourth-order valence-corrected chi connectivity index (χ4v) is 1.89. The van der Waals surface area contributed by atoms with E-state index in [2.05, 4.69) is 10.1 Å². The predicted molar refractivity (Wildman–Crippen MR) is 73.4 cm³/mol. The molecule has 1 amide bonds. The number of ether oxygens (including phenoxy) is 1. The van der Waals surface area contributed by atoms with Gasteiger partial charge in [-0.15, -0.1) is 11.8 Å². The number of methoxy groups -OCH3 is 1. The van der Waals surface area contributed by atoms with Crippen LogP contribution < -0.4 is 11.1 Å². The Morgan fingerprint density at radius 1 is 1.44 bits per heavy atom. The van der Waals surface area contributed by atoms with Crippen molar-refractivity contribution in [1.29, 1.82) is 0 Å². The molecule has 0 aliphatic heterocycles. The van der Waals surface area contributed by atoms with Gasteiger partial charge in [-0.2, -0.15) is 0 Å². The maximum absolute atomic E-state index is 11.8. The molecule has 5 nitrogen and oxygen atoms in total. The number of rotatable bonds is 5. The summed E-state index contributed by atoms with van der Waals surface area (Å²) in [4.78, 5) is 22.8. The number of carbonyl (C=O) groups excluding carboxylic acids is 2. The van der Waals surface area contributed by atoms with Crippen LogP contribution >= 0.6 is 11.8 Å². The topological polar surface area (TPSA) is 81.4 Å². The van der Waals surface area contributed by atoms with Crippen molar-refractivity contribution < 1.29 is 14.3 Å². The standard InChI is InChI=1S/C12H16N2O3S/c1-8(18-7-11(15)17-2)12(16)14-10-6-4-3-5-9(10)13/h3-6,8H,7,13H2,1-2H3,(H,14,16). The Kier molecular flexibility index (Phi) is 5.51. The number of amides is 1. The number of para-hydroxylation sites is 2. The van der Waals surface area contributed by atoms with E-state index >= 15 is 0 Å². The van der Waals surface area contributed by atoms with Crippen molar-refractivity contribution in [1.82, 2.24) is 0 Å². The van der Waals surface area contributed by atoms with Crippen molar-refractivity contribution >= 4 is 35.0 Å². The maximum atomic E-state index is 11.8. The first-order valence-electron chi connectivity index (χ1n) is 5.38. The molecule has 0 heterocycles. The summed E-state index contributed by atoms with van der Waals surface area (Å²) in [7, 11) is 1.32. The number of anilines is 2. The Bertz CT molecular complexity index is 437. The lowest BCUT2D eigenvalue weighted by Crippen LogP contribution is -2.24. The first-order chi connectivity index (χ1) is 8.54. The molecule has 0 aliphatic carbocycles. The summed E-state index contributed by atoms with van der Waals surface area (Å²) in [5, 5.41) is 2.36. The van der Waals surface area contributed by atoms with E-state index in [0.29, 0.717) is 11.4 Å². The fourth-order valence-electron chi connectivity index (χ4n) is 1.17. The van der Waals surface area contributed by atoms with E-state index in [4.69, 9.17) is 5.73 Å². The van der Waals surface area contributed by atoms with Gasteiger partial charge in [0.2, 0.25) is 5.91 Å². The molecule has 98 valence electrons. The van der Waals surface area contributed by atoms with Gasteiger partial charge in [-0.05, 0) is 19.1 Å². The second-order valence-electron chi connectivity index (χ2n) is 3.61. The van der Waals surface area contributed by atoms with Crippen LogP contribution in [-0.2, 0) is 14.3 Å². The molecule has 1 unspecified atom stereocenters. The maximum Gasteiger partial charge on any atom is 0.315 e. The summed E-state index contributed by atoms with van der Waals surface area (Å²) in [6, 6.07) is 7.02. The minimum Gasteiger partial charge on any atom is -0.468 e. The van der Waals surface area contributed by atoms with Crippen LogP contribution in [0.25, 0.3) is 0 Å². The Hall–Kier alpha value is -1.69. The number of hydrogen-bond donors (Lipinski definition) is 2. The van der Waals surface area contributed by atoms with Gasteiger partial charge in [-0.3, -0.25) is 9.59 Å². The number of nitrogen functional groups attached to an aromatic ring is 1. The van der Waals surface area contributed by atoms with E-state index in [-0.39, 0.29) is 22.9 Å². The molecule has 3 N–H and O–H groups in total. The summed E-state index contributed by atoms with van der Waals surface area (Å²) in [5.41, 5.74) is 6.80. The molecule has 0 radical (unpaired) electrons. The van der Waals surface area contributed by atoms with Gasteiger partial charge in [0, 0.05) is 0 Å². The van der Waals surface area contributed by atoms with Gasteiger partial charge in [0.05, 0.1) is 29.5 Å². The third-order valence-corrected chi connectivity index (χ3v) is 3.38. The van der Waals surface area contributed by atoms with Crippen LogP contribution in [0.4, 0.5) is 11.4 Å². The quantitative estimate of drug-likeness (QED) is 0.625. The first-order valence-corrected chi connectivity index (χ1v) is 6.43. The van der Waals surface area contributed by atoms with Crippen LogP contribution in [0.3, 0.4) is 0 Å². The van der Waals surface area contributed by atoms with E-state index in [1.807, 2.05) is 0 Å². The summed E-state index contributed by atoms with van der Waals surface area (Å²) < 4.78 is 4.51. The number of carbonyl (C=O) groups is 2. The van der Waals surface area contributed by atoms with Crippen LogP contribution in [0.2, 0.25) is 0 Å². The highest BCUT2D eigenvalue weighted by atomic mass is 32.2. The summed E-state index contributed by atoms with van der Waals surface area (Å²) >= 11 is 1.21. The Labute approximate surface area is 110 Å². The molecule has 0 saturated carbocycles.